The van der Waals surface area contributed by atoms with Crippen molar-refractivity contribution in [3.8, 4) is 0 Å². The van der Waals surface area contributed by atoms with Crippen molar-refractivity contribution in [2.45, 2.75) is 0 Å². The number of rotatable bonds is 0. The molecule has 0 bridgehead atoms. The number of carbonyl (C=O) groups excluding carboxylic acids is 1. The van der Waals surface area contributed by atoms with Gasteiger partial charge in [0.15, 0.2) is 5.78 Å². The number of ketones is 1. The summed E-state index contributed by atoms with van der Waals surface area (Å²) in [5.41, 5.74) is 3.37. The Morgan fingerprint density at radius 1 is 1.27 bits per heavy atom. The van der Waals surface area contributed by atoms with E-state index in [9.17, 15) is 4.79 Å². The second-order valence-electron chi connectivity index (χ2n) is 3.45. The van der Waals surface area contributed by atoms with E-state index in [1.807, 2.05) is 24.3 Å². The zero-order chi connectivity index (χ0) is 10.4. The molecular weight excluding hydrogens is 210 g/mol. The molecule has 3 rings (SSSR count). The molecule has 3 heteroatoms. The van der Waals surface area contributed by atoms with E-state index in [4.69, 9.17) is 11.6 Å². The van der Waals surface area contributed by atoms with Crippen LogP contribution >= 0.6 is 11.6 Å². The third kappa shape index (κ3) is 1.18. The van der Waals surface area contributed by atoms with Crippen LogP contribution in [0.5, 0.6) is 0 Å². The first kappa shape index (κ1) is 8.62. The van der Waals surface area contributed by atoms with Crippen LogP contribution in [0.3, 0.4) is 0 Å². The van der Waals surface area contributed by atoms with Crippen LogP contribution in [0.1, 0.15) is 11.1 Å². The molecule has 1 aliphatic heterocycles. The van der Waals surface area contributed by atoms with Gasteiger partial charge in [0.25, 0.3) is 0 Å². The third-order valence-corrected chi connectivity index (χ3v) is 2.75. The molecule has 0 aromatic heterocycles. The number of halogens is 1. The van der Waals surface area contributed by atoms with E-state index in [-0.39, 0.29) is 5.78 Å². The zero-order valence-corrected chi connectivity index (χ0v) is 8.45. The predicted octanol–water partition coefficient (Wildman–Crippen LogP) is 2.62. The predicted molar refractivity (Wildman–Crippen MR) is 60.1 cm³/mol. The Bertz CT molecular complexity index is 567. The Morgan fingerprint density at radius 2 is 2.13 bits per heavy atom. The summed E-state index contributed by atoms with van der Waals surface area (Å²) in [7, 11) is 0. The molecule has 1 aromatic carbocycles. The number of carbonyl (C=O) groups is 1. The molecule has 0 fully saturated rings. The Hall–Kier alpha value is -1.67. The number of benzene rings is 1. The number of allylic oxidation sites excluding steroid dienone is 2. The van der Waals surface area contributed by atoms with Crippen molar-refractivity contribution in [2.24, 2.45) is 4.99 Å². The average Bonchev–Trinajstić information content (AvgIpc) is 2.57. The fourth-order valence-electron chi connectivity index (χ4n) is 1.83. The number of aliphatic imine (C=N–C) groups is 1. The standard InChI is InChI=1S/C12H6ClNO/c13-8-1-2-9-7(5-8)6-10-11(15)3-4-14-12(9)10/h1-6H. The van der Waals surface area contributed by atoms with Crippen LogP contribution in [0.4, 0.5) is 0 Å². The van der Waals surface area contributed by atoms with Gasteiger partial charge in [0.1, 0.15) is 0 Å². The maximum atomic E-state index is 11.6. The Morgan fingerprint density at radius 3 is 3.00 bits per heavy atom. The lowest BCUT2D eigenvalue weighted by molar-refractivity contribution is -0.110. The van der Waals surface area contributed by atoms with Crippen molar-refractivity contribution < 1.29 is 4.79 Å². The molecule has 15 heavy (non-hydrogen) atoms. The lowest BCUT2D eigenvalue weighted by Gasteiger charge is -2.05. The van der Waals surface area contributed by atoms with Gasteiger partial charge in [-0.1, -0.05) is 17.7 Å². The molecule has 0 saturated carbocycles. The Labute approximate surface area is 91.6 Å². The normalized spacial score (nSPS) is 17.0. The lowest BCUT2D eigenvalue weighted by atomic mass is 10.0. The first-order valence-corrected chi connectivity index (χ1v) is 4.94. The lowest BCUT2D eigenvalue weighted by Crippen LogP contribution is -2.11. The van der Waals surface area contributed by atoms with Gasteiger partial charge < -0.3 is 0 Å². The SMILES string of the molecule is O=C1C=CN=C2C1=Cc1cc(Cl)ccc12. The number of fused-ring (bicyclic) bond motifs is 3. The van der Waals surface area contributed by atoms with Crippen LogP contribution in [-0.2, 0) is 4.79 Å². The van der Waals surface area contributed by atoms with E-state index in [2.05, 4.69) is 4.99 Å². The topological polar surface area (TPSA) is 29.4 Å². The highest BCUT2D eigenvalue weighted by atomic mass is 35.5. The number of hydrogen-bond acceptors (Lipinski definition) is 2. The second kappa shape index (κ2) is 2.91. The summed E-state index contributed by atoms with van der Waals surface area (Å²) in [6.07, 6.45) is 4.85. The summed E-state index contributed by atoms with van der Waals surface area (Å²) in [4.78, 5) is 15.8. The highest BCUT2D eigenvalue weighted by molar-refractivity contribution is 6.39. The second-order valence-corrected chi connectivity index (χ2v) is 3.88. The average molecular weight is 216 g/mol. The van der Waals surface area contributed by atoms with E-state index in [0.717, 1.165) is 16.8 Å². The molecule has 0 N–H and O–H groups in total. The largest absolute Gasteiger partial charge is 0.289 e. The van der Waals surface area contributed by atoms with Crippen LogP contribution < -0.4 is 0 Å². The van der Waals surface area contributed by atoms with Crippen molar-refractivity contribution in [2.75, 3.05) is 0 Å². The van der Waals surface area contributed by atoms with Gasteiger partial charge in [0.05, 0.1) is 5.71 Å². The van der Waals surface area contributed by atoms with Crippen LogP contribution in [0.25, 0.3) is 6.08 Å². The fraction of sp³-hybridized carbons (Fsp3) is 0. The number of nitrogens with zero attached hydrogens (tertiary/aromatic N) is 1. The van der Waals surface area contributed by atoms with Gasteiger partial charge in [-0.2, -0.15) is 0 Å². The van der Waals surface area contributed by atoms with Gasteiger partial charge in [0, 0.05) is 28.4 Å². The minimum absolute atomic E-state index is 0.00678. The first-order valence-electron chi connectivity index (χ1n) is 4.56. The minimum atomic E-state index is 0.00678. The van der Waals surface area contributed by atoms with Gasteiger partial charge in [-0.25, -0.2) is 0 Å². The number of hydrogen-bond donors (Lipinski definition) is 0. The van der Waals surface area contributed by atoms with Gasteiger partial charge in [0.2, 0.25) is 0 Å². The summed E-state index contributed by atoms with van der Waals surface area (Å²) in [6, 6.07) is 5.55. The zero-order valence-electron chi connectivity index (χ0n) is 7.70. The summed E-state index contributed by atoms with van der Waals surface area (Å²) in [5, 5.41) is 0.672. The molecule has 1 aliphatic carbocycles. The molecule has 0 saturated heterocycles. The maximum Gasteiger partial charge on any atom is 0.189 e. The highest BCUT2D eigenvalue weighted by Gasteiger charge is 2.25. The van der Waals surface area contributed by atoms with Crippen molar-refractivity contribution in [1.82, 2.24) is 0 Å². The molecule has 0 spiro atoms. The summed E-state index contributed by atoms with van der Waals surface area (Å²) in [5.74, 6) is 0.00678. The van der Waals surface area contributed by atoms with Crippen molar-refractivity contribution in [1.29, 1.82) is 0 Å². The summed E-state index contributed by atoms with van der Waals surface area (Å²) >= 11 is 5.89. The van der Waals surface area contributed by atoms with Crippen molar-refractivity contribution >= 4 is 29.2 Å². The molecule has 0 unspecified atom stereocenters. The molecular formula is C12H6ClNO. The van der Waals surface area contributed by atoms with Gasteiger partial charge in [-0.3, -0.25) is 9.79 Å². The monoisotopic (exact) mass is 215 g/mol. The Kier molecular flexibility index (Phi) is 1.67. The maximum absolute atomic E-state index is 11.6. The first-order chi connectivity index (χ1) is 7.25. The molecule has 2 aliphatic rings. The van der Waals surface area contributed by atoms with Crippen LogP contribution in [0, 0.1) is 0 Å². The van der Waals surface area contributed by atoms with Crippen molar-refractivity contribution in [3.05, 3.63) is 52.2 Å². The molecule has 1 heterocycles. The quantitative estimate of drug-likeness (QED) is 0.654. The molecule has 2 nitrogen and oxygen atoms in total. The van der Waals surface area contributed by atoms with Crippen molar-refractivity contribution in [3.63, 3.8) is 0 Å². The highest BCUT2D eigenvalue weighted by Crippen LogP contribution is 2.30. The van der Waals surface area contributed by atoms with Gasteiger partial charge in [-0.05, 0) is 23.8 Å². The minimum Gasteiger partial charge on any atom is -0.289 e. The fourth-order valence-corrected chi connectivity index (χ4v) is 2.01. The molecule has 72 valence electrons. The third-order valence-electron chi connectivity index (χ3n) is 2.52. The Balaban J connectivity index is 2.26. The molecule has 0 amide bonds. The smallest absolute Gasteiger partial charge is 0.189 e. The van der Waals surface area contributed by atoms with E-state index >= 15 is 0 Å². The van der Waals surface area contributed by atoms with Crippen LogP contribution in [0.15, 0.2) is 41.0 Å². The van der Waals surface area contributed by atoms with E-state index < -0.39 is 0 Å². The van der Waals surface area contributed by atoms with Gasteiger partial charge in [-0.15, -0.1) is 0 Å². The van der Waals surface area contributed by atoms with E-state index in [0.29, 0.717) is 10.6 Å². The molecule has 0 radical (unpaired) electrons. The van der Waals surface area contributed by atoms with E-state index in [1.165, 1.54) is 6.08 Å². The van der Waals surface area contributed by atoms with Gasteiger partial charge >= 0.3 is 0 Å². The van der Waals surface area contributed by atoms with Crippen LogP contribution in [-0.4, -0.2) is 11.5 Å². The summed E-state index contributed by atoms with van der Waals surface area (Å²) in [6.45, 7) is 0. The summed E-state index contributed by atoms with van der Waals surface area (Å²) < 4.78 is 0. The van der Waals surface area contributed by atoms with Crippen LogP contribution in [0.2, 0.25) is 5.02 Å². The molecule has 1 aromatic rings. The molecule has 0 atom stereocenters. The van der Waals surface area contributed by atoms with E-state index in [1.54, 1.807) is 6.20 Å².